The number of aryl methyl sites for hydroxylation is 1. The lowest BCUT2D eigenvalue weighted by Crippen LogP contribution is -2.46. The SMILES string of the molecule is C=CCN1CCN(c2cc(Nc3cc(C4CC4)[nH]n3)nc(Oc3cc(F)c4[nH]c(C)cc4c3F)n2)CC1. The fourth-order valence-electron chi connectivity index (χ4n) is 4.67. The maximum absolute atomic E-state index is 15.2. The van der Waals surface area contributed by atoms with Crippen LogP contribution in [0.4, 0.5) is 26.2 Å². The summed E-state index contributed by atoms with van der Waals surface area (Å²) >= 11 is 0. The number of benzene rings is 1. The Hall–Kier alpha value is -3.99. The van der Waals surface area contributed by atoms with Crippen LogP contribution in [0.3, 0.4) is 0 Å². The number of hydrogen-bond donors (Lipinski definition) is 3. The molecule has 4 heterocycles. The van der Waals surface area contributed by atoms with Gasteiger partial charge in [0.25, 0.3) is 0 Å². The highest BCUT2D eigenvalue weighted by Crippen LogP contribution is 2.40. The molecule has 0 unspecified atom stereocenters. The number of aromatic amines is 2. The van der Waals surface area contributed by atoms with Crippen LogP contribution in [0.2, 0.25) is 0 Å². The summed E-state index contributed by atoms with van der Waals surface area (Å²) in [4.78, 5) is 16.3. The van der Waals surface area contributed by atoms with Crippen molar-refractivity contribution in [3.63, 3.8) is 0 Å². The predicted molar refractivity (Wildman–Crippen MR) is 138 cm³/mol. The van der Waals surface area contributed by atoms with Gasteiger partial charge in [-0.05, 0) is 25.8 Å². The Bertz CT molecular complexity index is 1450. The Balaban J connectivity index is 1.32. The first-order chi connectivity index (χ1) is 18.0. The lowest BCUT2D eigenvalue weighted by atomic mass is 10.2. The standard InChI is InChI=1S/C26H28F2N8O/c1-3-6-35-7-9-36(10-8-35)23-14-21(30-22-13-19(33-34-22)16-4-5-16)31-26(32-23)37-20-12-18(27)25-17(24(20)28)11-15(2)29-25/h3,11-14,16,29H,1,4-10H2,2H3,(H2,30,31,32,33,34). The van der Waals surface area contributed by atoms with E-state index in [4.69, 9.17) is 4.74 Å². The molecule has 0 bridgehead atoms. The number of rotatable bonds is 8. The third-order valence-electron chi connectivity index (χ3n) is 6.75. The second kappa shape index (κ2) is 9.47. The molecule has 0 spiro atoms. The van der Waals surface area contributed by atoms with Crippen LogP contribution < -0.4 is 15.0 Å². The number of ether oxygens (including phenoxy) is 1. The van der Waals surface area contributed by atoms with Gasteiger partial charge in [-0.25, -0.2) is 8.78 Å². The largest absolute Gasteiger partial charge is 0.421 e. The Morgan fingerprint density at radius 1 is 1.11 bits per heavy atom. The van der Waals surface area contributed by atoms with E-state index in [1.807, 2.05) is 18.2 Å². The molecule has 6 rings (SSSR count). The highest BCUT2D eigenvalue weighted by atomic mass is 19.1. The minimum absolute atomic E-state index is 0.0867. The smallest absolute Gasteiger partial charge is 0.326 e. The number of piperazine rings is 1. The molecule has 192 valence electrons. The number of anilines is 3. The van der Waals surface area contributed by atoms with Crippen LogP contribution in [0.15, 0.2) is 36.9 Å². The van der Waals surface area contributed by atoms with Crippen molar-refractivity contribution >= 4 is 28.4 Å². The number of hydrogen-bond acceptors (Lipinski definition) is 7. The van der Waals surface area contributed by atoms with Gasteiger partial charge in [0, 0.05) is 73.6 Å². The van der Waals surface area contributed by atoms with Crippen LogP contribution in [-0.4, -0.2) is 62.8 Å². The average molecular weight is 507 g/mol. The zero-order valence-electron chi connectivity index (χ0n) is 20.5. The minimum atomic E-state index is -0.677. The molecular formula is C26H28F2N8O. The van der Waals surface area contributed by atoms with Crippen molar-refractivity contribution in [2.75, 3.05) is 42.9 Å². The zero-order chi connectivity index (χ0) is 25.5. The van der Waals surface area contributed by atoms with Crippen LogP contribution >= 0.6 is 0 Å². The summed E-state index contributed by atoms with van der Waals surface area (Å²) in [5, 5.41) is 10.7. The Labute approximate surface area is 212 Å². The van der Waals surface area contributed by atoms with Gasteiger partial charge in [-0.1, -0.05) is 6.08 Å². The van der Waals surface area contributed by atoms with Crippen LogP contribution in [0, 0.1) is 18.6 Å². The van der Waals surface area contributed by atoms with Gasteiger partial charge in [0.1, 0.15) is 11.6 Å². The average Bonchev–Trinajstić information content (AvgIpc) is 3.50. The van der Waals surface area contributed by atoms with E-state index < -0.39 is 11.6 Å². The van der Waals surface area contributed by atoms with Crippen molar-refractivity contribution in [3.05, 3.63) is 59.9 Å². The molecule has 1 saturated carbocycles. The highest BCUT2D eigenvalue weighted by Gasteiger charge is 2.26. The van der Waals surface area contributed by atoms with Crippen molar-refractivity contribution in [2.24, 2.45) is 0 Å². The first kappa shape index (κ1) is 23.4. The molecule has 2 aliphatic rings. The van der Waals surface area contributed by atoms with E-state index >= 15 is 4.39 Å². The molecule has 0 radical (unpaired) electrons. The molecule has 1 aliphatic heterocycles. The number of nitrogens with one attached hydrogen (secondary N) is 3. The number of fused-ring (bicyclic) bond motifs is 1. The van der Waals surface area contributed by atoms with Gasteiger partial charge in [0.15, 0.2) is 23.2 Å². The molecule has 1 aromatic carbocycles. The van der Waals surface area contributed by atoms with Gasteiger partial charge in [0.2, 0.25) is 0 Å². The topological polar surface area (TPSA) is 98.0 Å². The van der Waals surface area contributed by atoms with E-state index in [0.717, 1.165) is 57.3 Å². The maximum Gasteiger partial charge on any atom is 0.326 e. The number of nitrogens with zero attached hydrogens (tertiary/aromatic N) is 5. The maximum atomic E-state index is 15.2. The van der Waals surface area contributed by atoms with Gasteiger partial charge in [0.05, 0.1) is 5.52 Å². The normalized spacial score (nSPS) is 16.4. The minimum Gasteiger partial charge on any atom is -0.421 e. The summed E-state index contributed by atoms with van der Waals surface area (Å²) in [5.41, 5.74) is 1.83. The number of H-pyrrole nitrogens is 2. The van der Waals surface area contributed by atoms with Crippen molar-refractivity contribution < 1.29 is 13.5 Å². The molecule has 4 aromatic rings. The van der Waals surface area contributed by atoms with Crippen molar-refractivity contribution in [1.29, 1.82) is 0 Å². The molecule has 2 fully saturated rings. The summed E-state index contributed by atoms with van der Waals surface area (Å²) < 4.78 is 35.7. The number of halogens is 2. The summed E-state index contributed by atoms with van der Waals surface area (Å²) in [5.74, 6) is 0.651. The van der Waals surface area contributed by atoms with Crippen molar-refractivity contribution in [2.45, 2.75) is 25.7 Å². The summed E-state index contributed by atoms with van der Waals surface area (Å²) in [6, 6.07) is 6.25. The zero-order valence-corrected chi connectivity index (χ0v) is 20.5. The van der Waals surface area contributed by atoms with Gasteiger partial charge >= 0.3 is 6.01 Å². The van der Waals surface area contributed by atoms with Gasteiger partial charge in [-0.2, -0.15) is 15.1 Å². The van der Waals surface area contributed by atoms with Crippen LogP contribution in [0.5, 0.6) is 11.8 Å². The Morgan fingerprint density at radius 3 is 2.68 bits per heavy atom. The summed E-state index contributed by atoms with van der Waals surface area (Å²) in [7, 11) is 0. The molecule has 9 nitrogen and oxygen atoms in total. The molecule has 37 heavy (non-hydrogen) atoms. The predicted octanol–water partition coefficient (Wildman–Crippen LogP) is 4.99. The summed E-state index contributed by atoms with van der Waals surface area (Å²) in [6.07, 6.45) is 4.20. The second-order valence-electron chi connectivity index (χ2n) is 9.59. The first-order valence-electron chi connectivity index (χ1n) is 12.4. The van der Waals surface area contributed by atoms with Crippen LogP contribution in [0.25, 0.3) is 10.9 Å². The van der Waals surface area contributed by atoms with Crippen molar-refractivity contribution in [1.82, 2.24) is 30.0 Å². The number of aromatic nitrogens is 5. The van der Waals surface area contributed by atoms with Gasteiger partial charge in [-0.3, -0.25) is 10.00 Å². The van der Waals surface area contributed by atoms with Gasteiger partial charge < -0.3 is 19.9 Å². The molecule has 1 saturated heterocycles. The lowest BCUT2D eigenvalue weighted by molar-refractivity contribution is 0.283. The third kappa shape index (κ3) is 4.86. The molecule has 0 atom stereocenters. The molecule has 0 amide bonds. The van der Waals surface area contributed by atoms with E-state index in [0.29, 0.717) is 29.1 Å². The fourth-order valence-corrected chi connectivity index (χ4v) is 4.67. The van der Waals surface area contributed by atoms with E-state index in [-0.39, 0.29) is 22.7 Å². The monoisotopic (exact) mass is 506 g/mol. The molecule has 3 N–H and O–H groups in total. The Morgan fingerprint density at radius 2 is 1.92 bits per heavy atom. The van der Waals surface area contributed by atoms with Crippen molar-refractivity contribution in [3.8, 4) is 11.8 Å². The second-order valence-corrected chi connectivity index (χ2v) is 9.59. The Kier molecular flexibility index (Phi) is 5.99. The van der Waals surface area contributed by atoms with E-state index in [1.54, 1.807) is 13.0 Å². The summed E-state index contributed by atoms with van der Waals surface area (Å²) in [6.45, 7) is 9.57. The van der Waals surface area contributed by atoms with E-state index in [1.165, 1.54) is 0 Å². The fraction of sp³-hybridized carbons (Fsp3) is 0.346. The van der Waals surface area contributed by atoms with Crippen LogP contribution in [0.1, 0.15) is 30.1 Å². The van der Waals surface area contributed by atoms with Gasteiger partial charge in [-0.15, -0.1) is 6.58 Å². The highest BCUT2D eigenvalue weighted by molar-refractivity contribution is 5.83. The van der Waals surface area contributed by atoms with E-state index in [2.05, 4.69) is 46.8 Å². The molecule has 3 aromatic heterocycles. The first-order valence-corrected chi connectivity index (χ1v) is 12.4. The van der Waals surface area contributed by atoms with E-state index in [9.17, 15) is 4.39 Å². The third-order valence-corrected chi connectivity index (χ3v) is 6.75. The molecular weight excluding hydrogens is 478 g/mol. The quantitative estimate of drug-likeness (QED) is 0.290. The molecule has 11 heteroatoms. The molecule has 1 aliphatic carbocycles. The van der Waals surface area contributed by atoms with Crippen LogP contribution in [-0.2, 0) is 0 Å². The lowest BCUT2D eigenvalue weighted by Gasteiger charge is -2.34.